The maximum absolute atomic E-state index is 13.5. The summed E-state index contributed by atoms with van der Waals surface area (Å²) >= 11 is 6.22. The minimum absolute atomic E-state index is 0.0262. The molecule has 0 heterocycles. The number of halogens is 1. The summed E-state index contributed by atoms with van der Waals surface area (Å²) in [6.45, 7) is 7.23. The molecule has 0 spiro atoms. The molecular formula is C25H26ClNO4S. The zero-order chi connectivity index (χ0) is 23.5. The van der Waals surface area contributed by atoms with E-state index >= 15 is 0 Å². The molecule has 1 atom stereocenters. The standard InChI is InChI=1S/C25H26ClNO4S/c1-5-20-11-13-21(14-12-20)27(32(29,30)23-9-7-6-8-10-23)25(28)19(4)31-22-15-17(2)24(26)18(3)16-22/h6-16,19H,5H2,1-4H3. The highest BCUT2D eigenvalue weighted by atomic mass is 35.5. The Morgan fingerprint density at radius 2 is 1.56 bits per heavy atom. The van der Waals surface area contributed by atoms with E-state index < -0.39 is 22.0 Å². The van der Waals surface area contributed by atoms with Crippen molar-refractivity contribution in [2.75, 3.05) is 4.31 Å². The van der Waals surface area contributed by atoms with Crippen molar-refractivity contribution in [3.05, 3.63) is 88.4 Å². The molecule has 3 rings (SSSR count). The zero-order valence-corrected chi connectivity index (χ0v) is 20.1. The van der Waals surface area contributed by atoms with Gasteiger partial charge in [-0.05, 0) is 80.3 Å². The number of carbonyl (C=O) groups is 1. The number of rotatable bonds is 7. The van der Waals surface area contributed by atoms with Gasteiger partial charge in [0.25, 0.3) is 15.9 Å². The number of hydrogen-bond acceptors (Lipinski definition) is 4. The summed E-state index contributed by atoms with van der Waals surface area (Å²) in [4.78, 5) is 13.5. The third-order valence-electron chi connectivity index (χ3n) is 5.13. The first-order chi connectivity index (χ1) is 15.1. The Balaban J connectivity index is 2.01. The van der Waals surface area contributed by atoms with Crippen LogP contribution < -0.4 is 9.04 Å². The van der Waals surface area contributed by atoms with Crippen LogP contribution in [0.25, 0.3) is 0 Å². The van der Waals surface area contributed by atoms with E-state index in [4.69, 9.17) is 16.3 Å². The largest absolute Gasteiger partial charge is 0.481 e. The number of sulfonamides is 1. The van der Waals surface area contributed by atoms with Crippen molar-refractivity contribution in [2.24, 2.45) is 0 Å². The normalized spacial score (nSPS) is 12.3. The second-order valence-electron chi connectivity index (χ2n) is 7.57. The first-order valence-electron chi connectivity index (χ1n) is 10.3. The lowest BCUT2D eigenvalue weighted by atomic mass is 10.1. The molecule has 1 amide bonds. The van der Waals surface area contributed by atoms with Crippen molar-refractivity contribution in [3.63, 3.8) is 0 Å². The predicted octanol–water partition coefficient (Wildman–Crippen LogP) is 5.71. The van der Waals surface area contributed by atoms with Gasteiger partial charge in [0.15, 0.2) is 6.10 Å². The van der Waals surface area contributed by atoms with Crippen molar-refractivity contribution in [3.8, 4) is 5.75 Å². The molecule has 0 saturated carbocycles. The number of carbonyl (C=O) groups excluding carboxylic acids is 1. The van der Waals surface area contributed by atoms with Crippen LogP contribution >= 0.6 is 11.6 Å². The molecule has 0 aliphatic carbocycles. The summed E-state index contributed by atoms with van der Waals surface area (Å²) < 4.78 is 33.6. The fraction of sp³-hybridized carbons (Fsp3) is 0.240. The van der Waals surface area contributed by atoms with Crippen molar-refractivity contribution in [2.45, 2.75) is 45.1 Å². The lowest BCUT2D eigenvalue weighted by Crippen LogP contribution is -2.44. The molecule has 168 valence electrons. The minimum Gasteiger partial charge on any atom is -0.481 e. The van der Waals surface area contributed by atoms with E-state index in [-0.39, 0.29) is 10.6 Å². The zero-order valence-electron chi connectivity index (χ0n) is 18.5. The monoisotopic (exact) mass is 471 g/mol. The number of amides is 1. The molecule has 0 fully saturated rings. The highest BCUT2D eigenvalue weighted by molar-refractivity contribution is 7.93. The second kappa shape index (κ2) is 9.76. The molecular weight excluding hydrogens is 446 g/mol. The fourth-order valence-corrected chi connectivity index (χ4v) is 4.95. The third-order valence-corrected chi connectivity index (χ3v) is 7.47. The van der Waals surface area contributed by atoms with Crippen LogP contribution in [0.2, 0.25) is 5.02 Å². The van der Waals surface area contributed by atoms with Crippen LogP contribution in [0.5, 0.6) is 5.75 Å². The Morgan fingerprint density at radius 3 is 2.09 bits per heavy atom. The molecule has 3 aromatic carbocycles. The van der Waals surface area contributed by atoms with E-state index in [0.29, 0.717) is 10.8 Å². The van der Waals surface area contributed by atoms with Crippen molar-refractivity contribution >= 4 is 33.2 Å². The Morgan fingerprint density at radius 1 is 1.00 bits per heavy atom. The number of hydrogen-bond donors (Lipinski definition) is 0. The molecule has 0 N–H and O–H groups in total. The lowest BCUT2D eigenvalue weighted by molar-refractivity contribution is -0.123. The van der Waals surface area contributed by atoms with Gasteiger partial charge in [0.2, 0.25) is 0 Å². The first-order valence-corrected chi connectivity index (χ1v) is 12.1. The Labute approximate surface area is 194 Å². The van der Waals surface area contributed by atoms with Crippen molar-refractivity contribution in [1.82, 2.24) is 0 Å². The van der Waals surface area contributed by atoms with E-state index in [1.54, 1.807) is 42.5 Å². The van der Waals surface area contributed by atoms with Gasteiger partial charge in [-0.2, -0.15) is 4.31 Å². The summed E-state index contributed by atoms with van der Waals surface area (Å²) in [6, 6.07) is 18.3. The molecule has 0 radical (unpaired) electrons. The average molecular weight is 472 g/mol. The van der Waals surface area contributed by atoms with Gasteiger partial charge >= 0.3 is 0 Å². The molecule has 0 aromatic heterocycles. The van der Waals surface area contributed by atoms with Crippen LogP contribution in [0.4, 0.5) is 5.69 Å². The van der Waals surface area contributed by atoms with Gasteiger partial charge < -0.3 is 4.74 Å². The summed E-state index contributed by atoms with van der Waals surface area (Å²) in [6.07, 6.45) is -0.256. The molecule has 0 saturated heterocycles. The highest BCUT2D eigenvalue weighted by Crippen LogP contribution is 2.29. The molecule has 0 aliphatic heterocycles. The number of anilines is 1. The van der Waals surface area contributed by atoms with Gasteiger partial charge in [-0.3, -0.25) is 4.79 Å². The Bertz CT molecular complexity index is 1190. The van der Waals surface area contributed by atoms with Gasteiger partial charge in [0.1, 0.15) is 5.75 Å². The molecule has 3 aromatic rings. The molecule has 1 unspecified atom stereocenters. The van der Waals surface area contributed by atoms with E-state index in [2.05, 4.69) is 0 Å². The van der Waals surface area contributed by atoms with Crippen molar-refractivity contribution in [1.29, 1.82) is 0 Å². The highest BCUT2D eigenvalue weighted by Gasteiger charge is 2.34. The minimum atomic E-state index is -4.15. The summed E-state index contributed by atoms with van der Waals surface area (Å²) in [5, 5.41) is 0.626. The Kier molecular flexibility index (Phi) is 7.26. The van der Waals surface area contributed by atoms with Crippen molar-refractivity contribution < 1.29 is 17.9 Å². The van der Waals surface area contributed by atoms with E-state index in [0.717, 1.165) is 27.4 Å². The predicted molar refractivity (Wildman–Crippen MR) is 128 cm³/mol. The quantitative estimate of drug-likeness (QED) is 0.442. The van der Waals surface area contributed by atoms with E-state index in [1.807, 2.05) is 32.9 Å². The number of benzene rings is 3. The smallest absolute Gasteiger partial charge is 0.281 e. The maximum atomic E-state index is 13.5. The van der Waals surface area contributed by atoms with Crippen LogP contribution in [-0.4, -0.2) is 20.4 Å². The SMILES string of the molecule is CCc1ccc(N(C(=O)C(C)Oc2cc(C)c(Cl)c(C)c2)S(=O)(=O)c2ccccc2)cc1. The van der Waals surface area contributed by atoms with Gasteiger partial charge in [-0.1, -0.05) is 48.9 Å². The first kappa shape index (κ1) is 23.8. The van der Waals surface area contributed by atoms with Crippen LogP contribution in [0.15, 0.2) is 71.6 Å². The van der Waals surface area contributed by atoms with E-state index in [1.165, 1.54) is 19.1 Å². The summed E-state index contributed by atoms with van der Waals surface area (Å²) in [5.41, 5.74) is 2.92. The van der Waals surface area contributed by atoms with Gasteiger partial charge in [-0.15, -0.1) is 0 Å². The average Bonchev–Trinajstić information content (AvgIpc) is 2.78. The van der Waals surface area contributed by atoms with Crippen LogP contribution in [0.3, 0.4) is 0 Å². The van der Waals surface area contributed by atoms with Crippen LogP contribution in [-0.2, 0) is 21.2 Å². The fourth-order valence-electron chi connectivity index (χ4n) is 3.34. The van der Waals surface area contributed by atoms with Gasteiger partial charge in [-0.25, -0.2) is 8.42 Å². The lowest BCUT2D eigenvalue weighted by Gasteiger charge is -2.26. The second-order valence-corrected chi connectivity index (χ2v) is 9.74. The molecule has 0 aliphatic rings. The molecule has 5 nitrogen and oxygen atoms in total. The van der Waals surface area contributed by atoms with Gasteiger partial charge in [0.05, 0.1) is 10.6 Å². The Hall–Kier alpha value is -2.83. The third kappa shape index (κ3) is 4.97. The summed E-state index contributed by atoms with van der Waals surface area (Å²) in [5.74, 6) is -0.244. The topological polar surface area (TPSA) is 63.7 Å². The molecule has 32 heavy (non-hydrogen) atoms. The number of nitrogens with zero attached hydrogens (tertiary/aromatic N) is 1. The molecule has 7 heteroatoms. The maximum Gasteiger partial charge on any atom is 0.281 e. The number of ether oxygens (including phenoxy) is 1. The van der Waals surface area contributed by atoms with Crippen LogP contribution in [0.1, 0.15) is 30.5 Å². The summed E-state index contributed by atoms with van der Waals surface area (Å²) in [7, 11) is -4.15. The molecule has 0 bridgehead atoms. The number of aryl methyl sites for hydroxylation is 3. The van der Waals surface area contributed by atoms with Crippen LogP contribution in [0, 0.1) is 13.8 Å². The van der Waals surface area contributed by atoms with E-state index in [9.17, 15) is 13.2 Å². The van der Waals surface area contributed by atoms with Gasteiger partial charge in [0, 0.05) is 5.02 Å².